The number of hydrogen-bond donors (Lipinski definition) is 4. The fourth-order valence-electron chi connectivity index (χ4n) is 4.89. The van der Waals surface area contributed by atoms with Crippen molar-refractivity contribution in [2.24, 2.45) is 0 Å². The summed E-state index contributed by atoms with van der Waals surface area (Å²) in [6, 6.07) is 20.9. The first-order valence-corrected chi connectivity index (χ1v) is 13.4. The summed E-state index contributed by atoms with van der Waals surface area (Å²) in [6.45, 7) is 4.64. The fraction of sp³-hybridized carbons (Fsp3) is 0.226. The van der Waals surface area contributed by atoms with Crippen LogP contribution in [0, 0.1) is 24.1 Å². The lowest BCUT2D eigenvalue weighted by Gasteiger charge is -2.27. The van der Waals surface area contributed by atoms with Crippen LogP contribution in [-0.4, -0.2) is 22.6 Å². The number of anilines is 3. The molecule has 0 bridgehead atoms. The van der Waals surface area contributed by atoms with Crippen molar-refractivity contribution in [3.05, 3.63) is 107 Å². The average Bonchev–Trinajstić information content (AvgIpc) is 3.72. The predicted octanol–water partition coefficient (Wildman–Crippen LogP) is 5.89. The van der Waals surface area contributed by atoms with E-state index < -0.39 is 6.02 Å². The topological polar surface area (TPSA) is 91.3 Å². The lowest BCUT2D eigenvalue weighted by Crippen LogP contribution is -2.38. The number of fused-ring (bicyclic) bond motifs is 1. The second kappa shape index (κ2) is 10.8. The highest BCUT2D eigenvalue weighted by Crippen LogP contribution is 2.35. The summed E-state index contributed by atoms with van der Waals surface area (Å²) in [5, 5.41) is 18.1. The molecule has 0 saturated heterocycles. The summed E-state index contributed by atoms with van der Waals surface area (Å²) in [5.41, 5.74) is 15.2. The van der Waals surface area contributed by atoms with Crippen LogP contribution in [-0.2, 0) is 0 Å². The van der Waals surface area contributed by atoms with Crippen LogP contribution >= 0.6 is 0 Å². The largest absolute Gasteiger partial charge is 0.373 e. The maximum absolute atomic E-state index is 13.9. The average molecular weight is 536 g/mol. The molecule has 9 heteroatoms. The summed E-state index contributed by atoms with van der Waals surface area (Å²) in [6.07, 6.45) is 5.65. The number of aromatic nitrogens is 1. The van der Waals surface area contributed by atoms with E-state index in [1.165, 1.54) is 12.1 Å². The van der Waals surface area contributed by atoms with Crippen LogP contribution in [0.4, 0.5) is 21.5 Å². The molecular weight excluding hydrogens is 503 g/mol. The number of nitrogens with one attached hydrogen (secondary N) is 4. The van der Waals surface area contributed by atoms with Crippen LogP contribution in [0.25, 0.3) is 10.9 Å². The third-order valence-corrected chi connectivity index (χ3v) is 7.11. The number of aryl methyl sites for hydroxylation is 1. The van der Waals surface area contributed by atoms with E-state index in [4.69, 9.17) is 0 Å². The van der Waals surface area contributed by atoms with Crippen molar-refractivity contribution in [1.82, 2.24) is 21.0 Å². The molecule has 0 amide bonds. The van der Waals surface area contributed by atoms with Crippen molar-refractivity contribution < 1.29 is 5.76 Å². The lowest BCUT2D eigenvalue weighted by molar-refractivity contribution is 0.260. The highest BCUT2D eigenvalue weighted by molar-refractivity contribution is 5.98. The van der Waals surface area contributed by atoms with Crippen molar-refractivity contribution in [2.45, 2.75) is 38.7 Å². The second-order valence-corrected chi connectivity index (χ2v) is 9.96. The molecule has 1 aliphatic carbocycles. The molecule has 8 nitrogen and oxygen atoms in total. The Labute approximate surface area is 234 Å². The van der Waals surface area contributed by atoms with Crippen LogP contribution in [0.2, 0.25) is 0 Å². The molecule has 4 N–H and O–H groups in total. The monoisotopic (exact) mass is 535 g/mol. The molecule has 3 aromatic carbocycles. The van der Waals surface area contributed by atoms with E-state index in [0.29, 0.717) is 40.8 Å². The molecule has 2 heterocycles. The summed E-state index contributed by atoms with van der Waals surface area (Å²) >= 11 is 0. The third-order valence-electron chi connectivity index (χ3n) is 7.11. The molecule has 1 aliphatic heterocycles. The smallest absolute Gasteiger partial charge is 0.123 e. The van der Waals surface area contributed by atoms with Crippen LogP contribution in [0.5, 0.6) is 0 Å². The van der Waals surface area contributed by atoms with Gasteiger partial charge in [0.2, 0.25) is 0 Å². The Morgan fingerprint density at radius 1 is 1.20 bits per heavy atom. The molecule has 1 atom stereocenters. The number of hydrogen-bond acceptors (Lipinski definition) is 8. The number of pyridine rings is 1. The Bertz CT molecular complexity index is 1650. The number of benzene rings is 3. The second-order valence-electron chi connectivity index (χ2n) is 9.96. The van der Waals surface area contributed by atoms with Gasteiger partial charge in [0.1, 0.15) is 11.9 Å². The number of nitrogens with zero attached hydrogens (tertiary/aromatic N) is 4. The highest BCUT2D eigenvalue weighted by Gasteiger charge is 2.32. The Morgan fingerprint density at radius 3 is 2.67 bits per heavy atom. The van der Waals surface area contributed by atoms with Crippen LogP contribution < -0.4 is 26.7 Å². The molecule has 0 radical (unpaired) electrons. The summed E-state index contributed by atoms with van der Waals surface area (Å²) in [4.78, 5) is 4.60. The minimum Gasteiger partial charge on any atom is -0.373 e. The van der Waals surface area contributed by atoms with Gasteiger partial charge in [0.05, 0.1) is 35.5 Å². The Hall–Kier alpha value is -4.81. The van der Waals surface area contributed by atoms with Gasteiger partial charge < -0.3 is 10.7 Å². The van der Waals surface area contributed by atoms with Crippen molar-refractivity contribution in [3.8, 4) is 6.07 Å². The van der Waals surface area contributed by atoms with Gasteiger partial charge in [0.15, 0.2) is 0 Å². The Balaban J connectivity index is 1.44. The molecule has 1 fully saturated rings. The predicted molar refractivity (Wildman–Crippen MR) is 156 cm³/mol. The van der Waals surface area contributed by atoms with Gasteiger partial charge in [-0.05, 0) is 74.2 Å². The number of hydrazine groups is 3. The van der Waals surface area contributed by atoms with Gasteiger partial charge in [0, 0.05) is 36.1 Å². The van der Waals surface area contributed by atoms with Crippen molar-refractivity contribution in [3.63, 3.8) is 0 Å². The maximum atomic E-state index is 13.9. The zero-order valence-electron chi connectivity index (χ0n) is 23.4. The third kappa shape index (κ3) is 5.09. The van der Waals surface area contributed by atoms with E-state index in [-0.39, 0.29) is 5.82 Å². The molecule has 1 unspecified atom stereocenters. The SMILES string of the molecule is [2H]C(Nc1cc(C)c2ncc(C#N)c(NN(CC)c3ccccc3)c2c1)(C1=CN(C2CC2)NN1)c1ccc(F)cc1. The molecule has 0 spiro atoms. The Kier molecular flexibility index (Phi) is 6.52. The van der Waals surface area contributed by atoms with Gasteiger partial charge in [-0.2, -0.15) is 5.26 Å². The van der Waals surface area contributed by atoms with Gasteiger partial charge >= 0.3 is 0 Å². The van der Waals surface area contributed by atoms with E-state index in [0.717, 1.165) is 35.0 Å². The normalized spacial score (nSPS) is 16.4. The first-order chi connectivity index (χ1) is 19.9. The summed E-state index contributed by atoms with van der Waals surface area (Å²) in [5.74, 6) is -0.367. The number of nitriles is 1. The molecule has 1 aromatic heterocycles. The quantitative estimate of drug-likeness (QED) is 0.197. The highest BCUT2D eigenvalue weighted by atomic mass is 19.1. The van der Waals surface area contributed by atoms with Crippen LogP contribution in [0.1, 0.15) is 43.8 Å². The minimum absolute atomic E-state index is 0.367. The van der Waals surface area contributed by atoms with E-state index in [1.54, 1.807) is 18.3 Å². The summed E-state index contributed by atoms with van der Waals surface area (Å²) < 4.78 is 23.5. The van der Waals surface area contributed by atoms with Crippen LogP contribution in [0.3, 0.4) is 0 Å². The van der Waals surface area contributed by atoms with Gasteiger partial charge in [0.25, 0.3) is 0 Å². The molecule has 2 aliphatic rings. The minimum atomic E-state index is -1.47. The van der Waals surface area contributed by atoms with E-state index >= 15 is 0 Å². The van der Waals surface area contributed by atoms with Crippen molar-refractivity contribution >= 4 is 28.0 Å². The zero-order chi connectivity index (χ0) is 28.6. The summed E-state index contributed by atoms with van der Waals surface area (Å²) in [7, 11) is 0. The van der Waals surface area contributed by atoms with Gasteiger partial charge in [-0.25, -0.2) is 4.39 Å². The first kappa shape index (κ1) is 24.2. The number of halogens is 1. The maximum Gasteiger partial charge on any atom is 0.123 e. The molecule has 40 heavy (non-hydrogen) atoms. The number of para-hydroxylation sites is 1. The van der Waals surface area contributed by atoms with Crippen LogP contribution in [0.15, 0.2) is 84.8 Å². The van der Waals surface area contributed by atoms with E-state index in [9.17, 15) is 11.0 Å². The van der Waals surface area contributed by atoms with E-state index in [1.807, 2.05) is 72.5 Å². The van der Waals surface area contributed by atoms with E-state index in [2.05, 4.69) is 32.8 Å². The molecule has 202 valence electrons. The fourth-order valence-corrected chi connectivity index (χ4v) is 4.89. The molecular formula is C31H31FN8. The number of rotatable bonds is 9. The Morgan fingerprint density at radius 2 is 1.98 bits per heavy atom. The lowest BCUT2D eigenvalue weighted by atomic mass is 10.0. The van der Waals surface area contributed by atoms with Gasteiger partial charge in [-0.1, -0.05) is 30.3 Å². The molecule has 1 saturated carbocycles. The van der Waals surface area contributed by atoms with Gasteiger partial charge in [-0.15, -0.1) is 5.53 Å². The first-order valence-electron chi connectivity index (χ1n) is 13.9. The molecule has 6 rings (SSSR count). The zero-order valence-corrected chi connectivity index (χ0v) is 22.4. The molecule has 4 aromatic rings. The van der Waals surface area contributed by atoms with Crippen molar-refractivity contribution in [2.75, 3.05) is 22.3 Å². The van der Waals surface area contributed by atoms with Crippen molar-refractivity contribution in [1.29, 1.82) is 5.26 Å². The standard InChI is InChI=1S/C31H31FN8/c1-3-39(25-7-5-4-6-8-25)37-30-22(17-33)18-34-29-20(2)15-24(16-27(29)30)35-31(21-9-11-23(32)12-10-21)28-19-40(38-36-28)26-13-14-26/h4-12,15-16,18-19,26,31,35-36,38H,3,13-14H2,1-2H3,(H,34,37)/i31D. The van der Waals surface area contributed by atoms with Gasteiger partial charge in [-0.3, -0.25) is 20.4 Å².